The Morgan fingerprint density at radius 2 is 1.81 bits per heavy atom. The van der Waals surface area contributed by atoms with Crippen molar-refractivity contribution in [2.75, 3.05) is 11.9 Å². The number of halogens is 1. The molecule has 0 atom stereocenters. The average Bonchev–Trinajstić information content (AvgIpc) is 2.57. The monoisotopic (exact) mass is 441 g/mol. The molecule has 1 heterocycles. The van der Waals surface area contributed by atoms with Gasteiger partial charge in [-0.2, -0.15) is 0 Å². The number of amides is 1. The number of hydrogen-bond acceptors (Lipinski definition) is 4. The number of benzene rings is 1. The van der Waals surface area contributed by atoms with Crippen molar-refractivity contribution >= 4 is 37.5 Å². The smallest absolute Gasteiger partial charge is 0.250 e. The SMILES string of the molecule is CC(=O)Nc1ccc(S(=O)(=O)NCCCCn2cc(Br)ccc2=O)cc1. The highest BCUT2D eigenvalue weighted by Crippen LogP contribution is 2.14. The number of nitrogens with one attached hydrogen (secondary N) is 2. The van der Waals surface area contributed by atoms with Crippen molar-refractivity contribution in [3.63, 3.8) is 0 Å². The summed E-state index contributed by atoms with van der Waals surface area (Å²) in [5, 5.41) is 2.58. The number of nitrogens with zero attached hydrogens (tertiary/aromatic N) is 1. The van der Waals surface area contributed by atoms with Crippen molar-refractivity contribution < 1.29 is 13.2 Å². The molecule has 0 spiro atoms. The molecule has 2 N–H and O–H groups in total. The van der Waals surface area contributed by atoms with E-state index in [-0.39, 0.29) is 22.9 Å². The van der Waals surface area contributed by atoms with Gasteiger partial charge >= 0.3 is 0 Å². The molecule has 0 aliphatic rings. The summed E-state index contributed by atoms with van der Waals surface area (Å²) >= 11 is 3.31. The Morgan fingerprint density at radius 1 is 1.12 bits per heavy atom. The van der Waals surface area contributed by atoms with E-state index < -0.39 is 10.0 Å². The molecule has 0 aliphatic heterocycles. The molecule has 1 aromatic carbocycles. The molecule has 2 aromatic rings. The third-order valence-corrected chi connectivity index (χ3v) is 5.50. The number of aromatic nitrogens is 1. The van der Waals surface area contributed by atoms with Crippen LogP contribution in [0.15, 0.2) is 56.8 Å². The molecule has 0 saturated carbocycles. The molecule has 140 valence electrons. The summed E-state index contributed by atoms with van der Waals surface area (Å²) in [7, 11) is -3.60. The van der Waals surface area contributed by atoms with Gasteiger partial charge in [-0.15, -0.1) is 0 Å². The quantitative estimate of drug-likeness (QED) is 0.614. The van der Waals surface area contributed by atoms with E-state index in [0.717, 1.165) is 4.47 Å². The van der Waals surface area contributed by atoms with Gasteiger partial charge in [-0.05, 0) is 59.1 Å². The fourth-order valence-corrected chi connectivity index (χ4v) is 3.75. The lowest BCUT2D eigenvalue weighted by Gasteiger charge is -2.09. The molecule has 0 aliphatic carbocycles. The summed E-state index contributed by atoms with van der Waals surface area (Å²) in [5.41, 5.74) is 0.448. The van der Waals surface area contributed by atoms with Gasteiger partial charge in [0, 0.05) is 42.4 Å². The van der Waals surface area contributed by atoms with Crippen LogP contribution in [0.25, 0.3) is 0 Å². The van der Waals surface area contributed by atoms with E-state index in [9.17, 15) is 18.0 Å². The largest absolute Gasteiger partial charge is 0.326 e. The number of pyridine rings is 1. The van der Waals surface area contributed by atoms with Crippen LogP contribution in [0.5, 0.6) is 0 Å². The lowest BCUT2D eigenvalue weighted by molar-refractivity contribution is -0.114. The first-order chi connectivity index (χ1) is 12.3. The number of unbranched alkanes of at least 4 members (excludes halogenated alkanes) is 1. The molecular weight excluding hydrogens is 422 g/mol. The number of sulfonamides is 1. The minimum atomic E-state index is -3.60. The summed E-state index contributed by atoms with van der Waals surface area (Å²) in [6, 6.07) is 9.12. The van der Waals surface area contributed by atoms with Crippen LogP contribution in [-0.4, -0.2) is 25.4 Å². The first kappa shape index (κ1) is 20.3. The van der Waals surface area contributed by atoms with Crippen molar-refractivity contribution in [1.29, 1.82) is 0 Å². The van der Waals surface area contributed by atoms with Gasteiger partial charge in [0.2, 0.25) is 15.9 Å². The van der Waals surface area contributed by atoms with Crippen LogP contribution >= 0.6 is 15.9 Å². The van der Waals surface area contributed by atoms with Gasteiger partial charge in [-0.3, -0.25) is 9.59 Å². The Kier molecular flexibility index (Phi) is 7.13. The lowest BCUT2D eigenvalue weighted by atomic mass is 10.3. The van der Waals surface area contributed by atoms with Gasteiger partial charge in [0.05, 0.1) is 4.90 Å². The van der Waals surface area contributed by atoms with Crippen LogP contribution in [0.4, 0.5) is 5.69 Å². The maximum absolute atomic E-state index is 12.2. The molecule has 0 bridgehead atoms. The van der Waals surface area contributed by atoms with Crippen LogP contribution in [0.2, 0.25) is 0 Å². The Morgan fingerprint density at radius 3 is 2.46 bits per heavy atom. The van der Waals surface area contributed by atoms with E-state index in [1.54, 1.807) is 16.8 Å². The second kappa shape index (κ2) is 9.11. The van der Waals surface area contributed by atoms with E-state index >= 15 is 0 Å². The van der Waals surface area contributed by atoms with E-state index in [0.29, 0.717) is 25.1 Å². The van der Waals surface area contributed by atoms with Gasteiger partial charge in [-0.1, -0.05) is 0 Å². The van der Waals surface area contributed by atoms with Crippen LogP contribution in [0.3, 0.4) is 0 Å². The van der Waals surface area contributed by atoms with Crippen molar-refractivity contribution in [2.45, 2.75) is 31.2 Å². The molecule has 7 nitrogen and oxygen atoms in total. The third-order valence-electron chi connectivity index (χ3n) is 3.55. The van der Waals surface area contributed by atoms with E-state index in [4.69, 9.17) is 0 Å². The van der Waals surface area contributed by atoms with Gasteiger partial charge in [0.25, 0.3) is 5.56 Å². The van der Waals surface area contributed by atoms with Crippen LogP contribution in [0.1, 0.15) is 19.8 Å². The van der Waals surface area contributed by atoms with Crippen molar-refractivity contribution in [3.05, 3.63) is 57.4 Å². The van der Waals surface area contributed by atoms with Gasteiger partial charge < -0.3 is 9.88 Å². The molecule has 1 aromatic heterocycles. The third kappa shape index (κ3) is 6.08. The molecule has 0 radical (unpaired) electrons. The second-order valence-corrected chi connectivity index (χ2v) is 8.37. The zero-order valence-electron chi connectivity index (χ0n) is 14.2. The number of carbonyl (C=O) groups excluding carboxylic acids is 1. The fourth-order valence-electron chi connectivity index (χ4n) is 2.29. The zero-order valence-corrected chi connectivity index (χ0v) is 16.6. The van der Waals surface area contributed by atoms with Crippen molar-refractivity contribution in [2.24, 2.45) is 0 Å². The highest BCUT2D eigenvalue weighted by atomic mass is 79.9. The molecule has 2 rings (SSSR count). The lowest BCUT2D eigenvalue weighted by Crippen LogP contribution is -2.25. The molecular formula is C17H20BrN3O4S. The minimum absolute atomic E-state index is 0.0898. The first-order valence-corrected chi connectivity index (χ1v) is 10.3. The number of hydrogen-bond donors (Lipinski definition) is 2. The molecule has 0 fully saturated rings. The molecule has 1 amide bonds. The van der Waals surface area contributed by atoms with E-state index in [1.807, 2.05) is 0 Å². The fraction of sp³-hybridized carbons (Fsp3) is 0.294. The van der Waals surface area contributed by atoms with E-state index in [1.165, 1.54) is 37.3 Å². The Balaban J connectivity index is 1.83. The molecule has 26 heavy (non-hydrogen) atoms. The Bertz CT molecular complexity index is 924. The predicted octanol–water partition coefficient (Wildman–Crippen LogP) is 2.33. The number of anilines is 1. The average molecular weight is 442 g/mol. The second-order valence-electron chi connectivity index (χ2n) is 5.69. The van der Waals surface area contributed by atoms with Crippen molar-refractivity contribution in [3.8, 4) is 0 Å². The summed E-state index contributed by atoms with van der Waals surface area (Å²) in [6.07, 6.45) is 2.98. The van der Waals surface area contributed by atoms with Crippen LogP contribution in [-0.2, 0) is 21.4 Å². The van der Waals surface area contributed by atoms with Crippen LogP contribution < -0.4 is 15.6 Å². The maximum Gasteiger partial charge on any atom is 0.250 e. The van der Waals surface area contributed by atoms with Crippen LogP contribution in [0, 0.1) is 0 Å². The zero-order chi connectivity index (χ0) is 19.2. The first-order valence-electron chi connectivity index (χ1n) is 8.01. The highest BCUT2D eigenvalue weighted by Gasteiger charge is 2.13. The summed E-state index contributed by atoms with van der Waals surface area (Å²) < 4.78 is 29.4. The summed E-state index contributed by atoms with van der Waals surface area (Å²) in [6.45, 7) is 2.18. The standard InChI is InChI=1S/C17H20BrN3O4S/c1-13(22)20-15-5-7-16(8-6-15)26(24,25)19-10-2-3-11-21-12-14(18)4-9-17(21)23/h4-9,12,19H,2-3,10-11H2,1H3,(H,20,22). The highest BCUT2D eigenvalue weighted by molar-refractivity contribution is 9.10. The van der Waals surface area contributed by atoms with Gasteiger partial charge in [-0.25, -0.2) is 13.1 Å². The summed E-state index contributed by atoms with van der Waals surface area (Å²) in [4.78, 5) is 22.8. The minimum Gasteiger partial charge on any atom is -0.326 e. The van der Waals surface area contributed by atoms with Gasteiger partial charge in [0.1, 0.15) is 0 Å². The molecule has 0 saturated heterocycles. The topological polar surface area (TPSA) is 97.3 Å². The van der Waals surface area contributed by atoms with Crippen molar-refractivity contribution in [1.82, 2.24) is 9.29 Å². The maximum atomic E-state index is 12.2. The van der Waals surface area contributed by atoms with Gasteiger partial charge in [0.15, 0.2) is 0 Å². The van der Waals surface area contributed by atoms with E-state index in [2.05, 4.69) is 26.0 Å². The Labute approximate surface area is 160 Å². The summed E-state index contributed by atoms with van der Waals surface area (Å²) in [5.74, 6) is -0.219. The number of aryl methyl sites for hydroxylation is 1. The predicted molar refractivity (Wildman–Crippen MR) is 104 cm³/mol. The molecule has 0 unspecified atom stereocenters. The number of rotatable bonds is 8. The number of carbonyl (C=O) groups is 1. The normalized spacial score (nSPS) is 11.3. The Hall–Kier alpha value is -1.97. The molecule has 9 heteroatoms.